The molecule has 1 aromatic carbocycles. The third kappa shape index (κ3) is 2.84. The fourth-order valence-electron chi connectivity index (χ4n) is 3.04. The number of rotatable bonds is 4. The van der Waals surface area contributed by atoms with Crippen LogP contribution in [0.1, 0.15) is 17.0 Å². The number of hydrogen-bond acceptors (Lipinski definition) is 5. The molecule has 0 aliphatic carbocycles. The molecule has 8 heteroatoms. The number of aliphatic hydroxyl groups excluding tert-OH is 1. The molecule has 5 nitrogen and oxygen atoms in total. The molecule has 3 rings (SSSR count). The van der Waals surface area contributed by atoms with Gasteiger partial charge in [-0.1, -0.05) is 6.07 Å². The van der Waals surface area contributed by atoms with Crippen LogP contribution in [0, 0.1) is 23.1 Å². The number of nitrogens with zero attached hydrogens (tertiary/aromatic N) is 2. The van der Waals surface area contributed by atoms with Crippen molar-refractivity contribution in [2.24, 2.45) is 5.92 Å². The standard InChI is InChI=1S/C16H15FN2O3S2/c17-15-2-1-3-16(13(15)6-18)24(21,22)19-7-12(9-20)14(8-19)11-4-5-23-10-11/h1-5,10,12,14,20H,7-9H2/t12-,14-/m1/s1. The molecule has 1 saturated heterocycles. The van der Waals surface area contributed by atoms with Gasteiger partial charge in [0.2, 0.25) is 10.0 Å². The summed E-state index contributed by atoms with van der Waals surface area (Å²) in [5.41, 5.74) is 0.508. The lowest BCUT2D eigenvalue weighted by Crippen LogP contribution is -2.30. The molecule has 0 bridgehead atoms. The van der Waals surface area contributed by atoms with Gasteiger partial charge in [0.05, 0.1) is 0 Å². The van der Waals surface area contributed by atoms with Crippen LogP contribution in [0.4, 0.5) is 4.39 Å². The molecular weight excluding hydrogens is 351 g/mol. The molecule has 1 aliphatic heterocycles. The SMILES string of the molecule is N#Cc1c(F)cccc1S(=O)(=O)N1C[C@H](CO)[C@@H](c2ccsc2)C1. The maximum atomic E-state index is 13.8. The Kier molecular flexibility index (Phi) is 4.69. The predicted octanol–water partition coefficient (Wildman–Crippen LogP) is 2.16. The molecule has 0 saturated carbocycles. The summed E-state index contributed by atoms with van der Waals surface area (Å²) in [6.45, 7) is 0.202. The quantitative estimate of drug-likeness (QED) is 0.899. The molecule has 1 fully saturated rings. The van der Waals surface area contributed by atoms with Crippen molar-refractivity contribution in [2.75, 3.05) is 19.7 Å². The van der Waals surface area contributed by atoms with Crippen molar-refractivity contribution < 1.29 is 17.9 Å². The molecule has 2 aromatic rings. The first-order valence-corrected chi connectivity index (χ1v) is 9.69. The van der Waals surface area contributed by atoms with Crippen LogP contribution in [0.2, 0.25) is 0 Å². The Balaban J connectivity index is 1.97. The highest BCUT2D eigenvalue weighted by Crippen LogP contribution is 2.36. The molecule has 1 aliphatic rings. The molecule has 2 atom stereocenters. The van der Waals surface area contributed by atoms with Crippen molar-refractivity contribution in [3.63, 3.8) is 0 Å². The smallest absolute Gasteiger partial charge is 0.244 e. The van der Waals surface area contributed by atoms with E-state index in [9.17, 15) is 17.9 Å². The van der Waals surface area contributed by atoms with Gasteiger partial charge in [-0.25, -0.2) is 12.8 Å². The molecule has 24 heavy (non-hydrogen) atoms. The second-order valence-corrected chi connectivity index (χ2v) is 8.34. The lowest BCUT2D eigenvalue weighted by Gasteiger charge is -2.17. The van der Waals surface area contributed by atoms with E-state index in [1.54, 1.807) is 6.07 Å². The maximum absolute atomic E-state index is 13.8. The topological polar surface area (TPSA) is 81.4 Å². The summed E-state index contributed by atoms with van der Waals surface area (Å²) in [5.74, 6) is -1.20. The zero-order chi connectivity index (χ0) is 17.3. The highest BCUT2D eigenvalue weighted by molar-refractivity contribution is 7.89. The lowest BCUT2D eigenvalue weighted by molar-refractivity contribution is 0.223. The number of benzene rings is 1. The second-order valence-electron chi connectivity index (χ2n) is 5.65. The van der Waals surface area contributed by atoms with Gasteiger partial charge in [0.25, 0.3) is 0 Å². The summed E-state index contributed by atoms with van der Waals surface area (Å²) < 4.78 is 40.7. The molecular formula is C16H15FN2O3S2. The summed E-state index contributed by atoms with van der Waals surface area (Å²) in [5, 5.41) is 22.5. The van der Waals surface area contributed by atoms with Crippen molar-refractivity contribution in [1.82, 2.24) is 4.31 Å². The van der Waals surface area contributed by atoms with Crippen LogP contribution in [0.3, 0.4) is 0 Å². The first kappa shape index (κ1) is 17.0. The average molecular weight is 366 g/mol. The minimum atomic E-state index is -4.01. The monoisotopic (exact) mass is 366 g/mol. The fourth-order valence-corrected chi connectivity index (χ4v) is 5.44. The van der Waals surface area contributed by atoms with Crippen LogP contribution < -0.4 is 0 Å². The molecule has 1 N–H and O–H groups in total. The Morgan fingerprint density at radius 1 is 1.38 bits per heavy atom. The van der Waals surface area contributed by atoms with Crippen molar-refractivity contribution in [3.05, 3.63) is 52.0 Å². The first-order valence-electron chi connectivity index (χ1n) is 7.30. The van der Waals surface area contributed by atoms with E-state index in [1.807, 2.05) is 16.8 Å². The number of hydrogen-bond donors (Lipinski definition) is 1. The number of sulfonamides is 1. The minimum absolute atomic E-state index is 0.116. The van der Waals surface area contributed by atoms with Crippen molar-refractivity contribution >= 4 is 21.4 Å². The van der Waals surface area contributed by atoms with E-state index in [0.717, 1.165) is 11.6 Å². The maximum Gasteiger partial charge on any atom is 0.244 e. The molecule has 0 unspecified atom stereocenters. The van der Waals surface area contributed by atoms with Crippen LogP contribution in [0.15, 0.2) is 39.9 Å². The summed E-state index contributed by atoms with van der Waals surface area (Å²) in [4.78, 5) is -0.326. The number of nitriles is 1. The summed E-state index contributed by atoms with van der Waals surface area (Å²) in [7, 11) is -4.01. The Hall–Kier alpha value is -1.79. The molecule has 2 heterocycles. The second kappa shape index (κ2) is 6.61. The largest absolute Gasteiger partial charge is 0.396 e. The lowest BCUT2D eigenvalue weighted by atomic mass is 9.92. The van der Waals surface area contributed by atoms with Crippen LogP contribution >= 0.6 is 11.3 Å². The van der Waals surface area contributed by atoms with Crippen molar-refractivity contribution in [1.29, 1.82) is 5.26 Å². The van der Waals surface area contributed by atoms with Crippen LogP contribution in [-0.4, -0.2) is 37.5 Å². The van der Waals surface area contributed by atoms with Gasteiger partial charge in [-0.2, -0.15) is 20.9 Å². The minimum Gasteiger partial charge on any atom is -0.396 e. The first-order chi connectivity index (χ1) is 11.5. The zero-order valence-electron chi connectivity index (χ0n) is 12.6. The van der Waals surface area contributed by atoms with Crippen LogP contribution in [0.25, 0.3) is 0 Å². The molecule has 0 spiro atoms. The number of thiophene rings is 1. The molecule has 0 amide bonds. The summed E-state index contributed by atoms with van der Waals surface area (Å²) >= 11 is 1.51. The van der Waals surface area contributed by atoms with E-state index in [0.29, 0.717) is 0 Å². The van der Waals surface area contributed by atoms with E-state index in [-0.39, 0.29) is 36.4 Å². The molecule has 1 aromatic heterocycles. The highest BCUT2D eigenvalue weighted by Gasteiger charge is 2.40. The Morgan fingerprint density at radius 3 is 2.79 bits per heavy atom. The van der Waals surface area contributed by atoms with Gasteiger partial charge in [-0.05, 0) is 34.5 Å². The number of halogens is 1. The van der Waals surface area contributed by atoms with E-state index in [1.165, 1.54) is 27.8 Å². The van der Waals surface area contributed by atoms with Crippen molar-refractivity contribution in [3.8, 4) is 6.07 Å². The average Bonchev–Trinajstić information content (AvgIpc) is 3.23. The Bertz CT molecular complexity index is 875. The van der Waals surface area contributed by atoms with E-state index < -0.39 is 21.4 Å². The van der Waals surface area contributed by atoms with Gasteiger partial charge in [-0.3, -0.25) is 0 Å². The van der Waals surface area contributed by atoms with Gasteiger partial charge in [0.1, 0.15) is 22.3 Å². The van der Waals surface area contributed by atoms with E-state index in [4.69, 9.17) is 5.26 Å². The van der Waals surface area contributed by atoms with Gasteiger partial charge in [0, 0.05) is 31.5 Å². The Morgan fingerprint density at radius 2 is 2.17 bits per heavy atom. The summed E-state index contributed by atoms with van der Waals surface area (Å²) in [6, 6.07) is 7.12. The Labute approximate surface area is 143 Å². The normalized spacial score (nSPS) is 21.7. The molecule has 0 radical (unpaired) electrons. The predicted molar refractivity (Wildman–Crippen MR) is 87.5 cm³/mol. The van der Waals surface area contributed by atoms with Crippen LogP contribution in [-0.2, 0) is 10.0 Å². The third-order valence-electron chi connectivity index (χ3n) is 4.32. The van der Waals surface area contributed by atoms with Gasteiger partial charge in [-0.15, -0.1) is 0 Å². The van der Waals surface area contributed by atoms with Gasteiger partial charge >= 0.3 is 0 Å². The van der Waals surface area contributed by atoms with E-state index >= 15 is 0 Å². The van der Waals surface area contributed by atoms with Crippen molar-refractivity contribution in [2.45, 2.75) is 10.8 Å². The van der Waals surface area contributed by atoms with Crippen LogP contribution in [0.5, 0.6) is 0 Å². The zero-order valence-corrected chi connectivity index (χ0v) is 14.2. The molecule has 126 valence electrons. The fraction of sp³-hybridized carbons (Fsp3) is 0.312. The third-order valence-corrected chi connectivity index (χ3v) is 6.89. The highest BCUT2D eigenvalue weighted by atomic mass is 32.2. The number of aliphatic hydroxyl groups is 1. The summed E-state index contributed by atoms with van der Waals surface area (Å²) in [6.07, 6.45) is 0. The van der Waals surface area contributed by atoms with Gasteiger partial charge < -0.3 is 5.11 Å². The van der Waals surface area contributed by atoms with E-state index in [2.05, 4.69) is 0 Å². The van der Waals surface area contributed by atoms with Gasteiger partial charge in [0.15, 0.2) is 0 Å².